The minimum atomic E-state index is -4.29. The Labute approximate surface area is 91.0 Å². The van der Waals surface area contributed by atoms with Crippen molar-refractivity contribution in [2.45, 2.75) is 58.0 Å². The molecule has 0 bridgehead atoms. The average Bonchev–Trinajstić information content (AvgIpc) is 2.18. The van der Waals surface area contributed by atoms with Crippen molar-refractivity contribution in [1.29, 1.82) is 0 Å². The van der Waals surface area contributed by atoms with Gasteiger partial charge in [0.25, 0.3) is 0 Å². The molecule has 1 fully saturated rings. The molecule has 5 heteroatoms. The van der Waals surface area contributed by atoms with Crippen molar-refractivity contribution >= 4 is 7.91 Å². The van der Waals surface area contributed by atoms with Crippen molar-refractivity contribution in [1.82, 2.24) is 0 Å². The third-order valence-corrected chi connectivity index (χ3v) is 3.61. The molecule has 0 aromatic rings. The van der Waals surface area contributed by atoms with Crippen LogP contribution < -0.4 is 0 Å². The Morgan fingerprint density at radius 3 is 2.60 bits per heavy atom. The maximum absolute atomic E-state index is 13.3. The molecule has 15 heavy (non-hydrogen) atoms. The van der Waals surface area contributed by atoms with Gasteiger partial charge in [-0.3, -0.25) is 9.05 Å². The first-order chi connectivity index (χ1) is 7.14. The second-order valence-corrected chi connectivity index (χ2v) is 5.31. The number of rotatable bonds is 6. The highest BCUT2D eigenvalue weighted by Crippen LogP contribution is 2.52. The van der Waals surface area contributed by atoms with Gasteiger partial charge in [-0.25, -0.2) is 4.57 Å². The van der Waals surface area contributed by atoms with Crippen LogP contribution in [0.25, 0.3) is 0 Å². The largest absolute Gasteiger partial charge is 0.513 e. The summed E-state index contributed by atoms with van der Waals surface area (Å²) in [5, 5.41) is 0. The molecule has 0 saturated heterocycles. The zero-order valence-electron chi connectivity index (χ0n) is 9.28. The summed E-state index contributed by atoms with van der Waals surface area (Å²) >= 11 is 0. The molecule has 0 N–H and O–H groups in total. The molecule has 90 valence electrons. The Hall–Kier alpha value is 0.0800. The van der Waals surface area contributed by atoms with E-state index in [2.05, 4.69) is 4.52 Å². The van der Waals surface area contributed by atoms with E-state index in [-0.39, 0.29) is 12.7 Å². The Kier molecular flexibility index (Phi) is 5.80. The van der Waals surface area contributed by atoms with Crippen molar-refractivity contribution in [3.05, 3.63) is 0 Å². The van der Waals surface area contributed by atoms with Crippen LogP contribution in [-0.4, -0.2) is 12.7 Å². The highest BCUT2D eigenvalue weighted by atomic mass is 31.2. The van der Waals surface area contributed by atoms with Gasteiger partial charge in [-0.2, -0.15) is 0 Å². The lowest BCUT2D eigenvalue weighted by Gasteiger charge is -2.22. The molecule has 1 aliphatic carbocycles. The average molecular weight is 238 g/mol. The second kappa shape index (κ2) is 6.62. The highest BCUT2D eigenvalue weighted by molar-refractivity contribution is 7.48. The van der Waals surface area contributed by atoms with Gasteiger partial charge in [0.2, 0.25) is 0 Å². The van der Waals surface area contributed by atoms with E-state index in [0.717, 1.165) is 38.5 Å². The molecule has 0 spiro atoms. The summed E-state index contributed by atoms with van der Waals surface area (Å²) in [6.07, 6.45) is 6.20. The lowest BCUT2D eigenvalue weighted by molar-refractivity contribution is 0.0974. The van der Waals surface area contributed by atoms with Crippen molar-refractivity contribution < 1.29 is 17.8 Å². The van der Waals surface area contributed by atoms with Crippen molar-refractivity contribution in [3.63, 3.8) is 0 Å². The molecule has 0 aliphatic heterocycles. The van der Waals surface area contributed by atoms with Gasteiger partial charge in [0.05, 0.1) is 12.7 Å². The minimum absolute atomic E-state index is 0.178. The van der Waals surface area contributed by atoms with E-state index < -0.39 is 7.91 Å². The van der Waals surface area contributed by atoms with Crippen LogP contribution in [0.15, 0.2) is 0 Å². The highest BCUT2D eigenvalue weighted by Gasteiger charge is 2.29. The first-order valence-electron chi connectivity index (χ1n) is 5.76. The van der Waals surface area contributed by atoms with Crippen LogP contribution in [0, 0.1) is 0 Å². The van der Waals surface area contributed by atoms with Crippen LogP contribution in [-0.2, 0) is 13.6 Å². The molecule has 0 radical (unpaired) electrons. The zero-order chi connectivity index (χ0) is 11.1. The number of hydrogen-bond donors (Lipinski definition) is 0. The van der Waals surface area contributed by atoms with Crippen LogP contribution in [0.2, 0.25) is 0 Å². The van der Waals surface area contributed by atoms with Gasteiger partial charge in [-0.1, -0.05) is 32.6 Å². The third kappa shape index (κ3) is 5.64. The first-order valence-corrected chi connectivity index (χ1v) is 7.20. The fraction of sp³-hybridized carbons (Fsp3) is 1.00. The summed E-state index contributed by atoms with van der Waals surface area (Å²) in [6.45, 7) is 2.14. The van der Waals surface area contributed by atoms with E-state index >= 15 is 0 Å². The molecule has 3 nitrogen and oxygen atoms in total. The fourth-order valence-electron chi connectivity index (χ4n) is 1.70. The van der Waals surface area contributed by atoms with E-state index in [1.54, 1.807) is 0 Å². The molecule has 0 amide bonds. The Morgan fingerprint density at radius 1 is 1.33 bits per heavy atom. The Balaban J connectivity index is 2.24. The molecule has 0 aromatic heterocycles. The summed E-state index contributed by atoms with van der Waals surface area (Å²) in [7, 11) is -4.29. The number of unbranched alkanes of at least 4 members (excludes halogenated alkanes) is 1. The molecule has 1 atom stereocenters. The van der Waals surface area contributed by atoms with Gasteiger partial charge in [-0.05, 0) is 19.3 Å². The molecule has 1 unspecified atom stereocenters. The van der Waals surface area contributed by atoms with E-state index in [1.165, 1.54) is 0 Å². The number of hydrogen-bond acceptors (Lipinski definition) is 3. The van der Waals surface area contributed by atoms with Crippen LogP contribution in [0.3, 0.4) is 0 Å². The van der Waals surface area contributed by atoms with Gasteiger partial charge < -0.3 is 0 Å². The minimum Gasteiger partial charge on any atom is -0.284 e. The van der Waals surface area contributed by atoms with Gasteiger partial charge in [0.15, 0.2) is 0 Å². The maximum atomic E-state index is 13.3. The van der Waals surface area contributed by atoms with Gasteiger partial charge in [-0.15, -0.1) is 4.20 Å². The van der Waals surface area contributed by atoms with E-state index in [4.69, 9.17) is 4.52 Å². The third-order valence-electron chi connectivity index (χ3n) is 2.57. The lowest BCUT2D eigenvalue weighted by atomic mass is 9.98. The standard InChI is InChI=1S/C10H20FO3P/c1-2-3-9-13-15(11,12)14-10-7-5-4-6-8-10/h10H,2-9H2,1H3. The summed E-state index contributed by atoms with van der Waals surface area (Å²) in [6, 6.07) is 0. The summed E-state index contributed by atoms with van der Waals surface area (Å²) in [5.74, 6) is 0. The van der Waals surface area contributed by atoms with Crippen LogP contribution in [0.1, 0.15) is 51.9 Å². The van der Waals surface area contributed by atoms with Crippen LogP contribution in [0.5, 0.6) is 0 Å². The van der Waals surface area contributed by atoms with Gasteiger partial charge in [0, 0.05) is 0 Å². The molecular formula is C10H20FO3P. The van der Waals surface area contributed by atoms with E-state index in [1.807, 2.05) is 6.92 Å². The van der Waals surface area contributed by atoms with Crippen molar-refractivity contribution in [3.8, 4) is 0 Å². The SMILES string of the molecule is CCCCOP(=O)(F)OC1CCCCC1. The number of halogens is 1. The topological polar surface area (TPSA) is 35.5 Å². The smallest absolute Gasteiger partial charge is 0.284 e. The molecule has 0 heterocycles. The van der Waals surface area contributed by atoms with Crippen LogP contribution >= 0.6 is 7.91 Å². The van der Waals surface area contributed by atoms with Gasteiger partial charge in [0.1, 0.15) is 0 Å². The normalized spacial score (nSPS) is 22.5. The first kappa shape index (κ1) is 13.1. The molecule has 0 aromatic carbocycles. The zero-order valence-corrected chi connectivity index (χ0v) is 10.2. The summed E-state index contributed by atoms with van der Waals surface area (Å²) in [4.78, 5) is 0. The van der Waals surface area contributed by atoms with Gasteiger partial charge >= 0.3 is 7.91 Å². The fourth-order valence-corrected chi connectivity index (χ4v) is 2.67. The van der Waals surface area contributed by atoms with E-state index in [0.29, 0.717) is 6.42 Å². The van der Waals surface area contributed by atoms with Crippen molar-refractivity contribution in [2.75, 3.05) is 6.61 Å². The quantitative estimate of drug-likeness (QED) is 0.513. The van der Waals surface area contributed by atoms with Crippen LogP contribution in [0.4, 0.5) is 4.20 Å². The Morgan fingerprint density at radius 2 is 2.00 bits per heavy atom. The van der Waals surface area contributed by atoms with E-state index in [9.17, 15) is 8.76 Å². The summed E-state index contributed by atoms with van der Waals surface area (Å²) in [5.41, 5.74) is 0. The molecule has 1 saturated carbocycles. The summed E-state index contributed by atoms with van der Waals surface area (Å²) < 4.78 is 34.1. The predicted octanol–water partition coefficient (Wildman–Crippen LogP) is 4.23. The molecule has 1 aliphatic rings. The molecular weight excluding hydrogens is 218 g/mol. The second-order valence-electron chi connectivity index (χ2n) is 3.98. The Bertz CT molecular complexity index is 217. The predicted molar refractivity (Wildman–Crippen MR) is 57.5 cm³/mol. The lowest BCUT2D eigenvalue weighted by Crippen LogP contribution is -2.15. The van der Waals surface area contributed by atoms with Crippen molar-refractivity contribution in [2.24, 2.45) is 0 Å². The maximum Gasteiger partial charge on any atom is 0.513 e. The molecule has 1 rings (SSSR count). The monoisotopic (exact) mass is 238 g/mol.